The van der Waals surface area contributed by atoms with Crippen LogP contribution in [0, 0.1) is 0 Å². The molecule has 0 radical (unpaired) electrons. The Hall–Kier alpha value is -2.33. The van der Waals surface area contributed by atoms with Gasteiger partial charge in [0.1, 0.15) is 6.10 Å². The number of anilines is 1. The smallest absolute Gasteiger partial charge is 0.414 e. The van der Waals surface area contributed by atoms with Crippen molar-refractivity contribution < 1.29 is 9.53 Å². The van der Waals surface area contributed by atoms with Crippen LogP contribution in [0.1, 0.15) is 0 Å². The number of nitrogens with two attached hydrogens (primary N) is 1. The van der Waals surface area contributed by atoms with Crippen molar-refractivity contribution >= 4 is 11.8 Å². The second-order valence-electron chi connectivity index (χ2n) is 4.76. The third-order valence-corrected chi connectivity index (χ3v) is 3.42. The van der Waals surface area contributed by atoms with Gasteiger partial charge in [-0.05, 0) is 23.3 Å². The molecule has 0 aromatic heterocycles. The van der Waals surface area contributed by atoms with E-state index in [4.69, 9.17) is 10.5 Å². The second-order valence-corrected chi connectivity index (χ2v) is 4.76. The van der Waals surface area contributed by atoms with Gasteiger partial charge in [-0.25, -0.2) is 4.79 Å². The van der Waals surface area contributed by atoms with Crippen LogP contribution in [-0.2, 0) is 4.74 Å². The van der Waals surface area contributed by atoms with E-state index in [1.54, 1.807) is 4.90 Å². The monoisotopic (exact) mass is 268 g/mol. The van der Waals surface area contributed by atoms with Crippen molar-refractivity contribution in [2.24, 2.45) is 5.73 Å². The van der Waals surface area contributed by atoms with Crippen LogP contribution in [-0.4, -0.2) is 25.3 Å². The molecule has 1 atom stereocenters. The molecule has 1 heterocycles. The highest BCUT2D eigenvalue weighted by molar-refractivity contribution is 5.90. The van der Waals surface area contributed by atoms with Crippen molar-refractivity contribution in [3.8, 4) is 11.1 Å². The molecule has 4 nitrogen and oxygen atoms in total. The highest BCUT2D eigenvalue weighted by Crippen LogP contribution is 2.25. The Morgan fingerprint density at radius 2 is 1.70 bits per heavy atom. The molecule has 1 unspecified atom stereocenters. The molecule has 0 saturated carbocycles. The van der Waals surface area contributed by atoms with E-state index < -0.39 is 0 Å². The SMILES string of the molecule is NCC1CN(c2ccc(-c3ccccc3)cc2)C(=O)O1. The minimum atomic E-state index is -0.326. The lowest BCUT2D eigenvalue weighted by Gasteiger charge is -2.13. The topological polar surface area (TPSA) is 55.6 Å². The van der Waals surface area contributed by atoms with Gasteiger partial charge in [-0.15, -0.1) is 0 Å². The van der Waals surface area contributed by atoms with E-state index in [2.05, 4.69) is 12.1 Å². The molecule has 1 amide bonds. The van der Waals surface area contributed by atoms with Gasteiger partial charge < -0.3 is 10.5 Å². The first kappa shape index (κ1) is 12.7. The van der Waals surface area contributed by atoms with Crippen LogP contribution in [0.2, 0.25) is 0 Å². The molecule has 3 rings (SSSR count). The predicted molar refractivity (Wildman–Crippen MR) is 78.5 cm³/mol. The van der Waals surface area contributed by atoms with Gasteiger partial charge in [0.2, 0.25) is 0 Å². The van der Waals surface area contributed by atoms with Crippen molar-refractivity contribution in [3.05, 3.63) is 54.6 Å². The molecule has 20 heavy (non-hydrogen) atoms. The Morgan fingerprint density at radius 3 is 2.30 bits per heavy atom. The Kier molecular flexibility index (Phi) is 3.39. The zero-order valence-electron chi connectivity index (χ0n) is 11.0. The van der Waals surface area contributed by atoms with Crippen LogP contribution in [0.5, 0.6) is 0 Å². The van der Waals surface area contributed by atoms with Gasteiger partial charge in [-0.1, -0.05) is 42.5 Å². The van der Waals surface area contributed by atoms with Crippen LogP contribution >= 0.6 is 0 Å². The molecule has 1 saturated heterocycles. The Morgan fingerprint density at radius 1 is 1.05 bits per heavy atom. The van der Waals surface area contributed by atoms with E-state index in [1.165, 1.54) is 0 Å². The Bertz CT molecular complexity index is 596. The lowest BCUT2D eigenvalue weighted by molar-refractivity contribution is 0.145. The summed E-state index contributed by atoms with van der Waals surface area (Å²) < 4.78 is 5.15. The summed E-state index contributed by atoms with van der Waals surface area (Å²) in [5, 5.41) is 0. The van der Waals surface area contributed by atoms with E-state index in [9.17, 15) is 4.79 Å². The Balaban J connectivity index is 1.82. The van der Waals surface area contributed by atoms with Gasteiger partial charge in [-0.3, -0.25) is 4.90 Å². The van der Waals surface area contributed by atoms with Crippen molar-refractivity contribution in [2.75, 3.05) is 18.0 Å². The summed E-state index contributed by atoms with van der Waals surface area (Å²) >= 11 is 0. The summed E-state index contributed by atoms with van der Waals surface area (Å²) in [5.41, 5.74) is 8.65. The molecule has 0 aliphatic carbocycles. The minimum absolute atomic E-state index is 0.212. The highest BCUT2D eigenvalue weighted by atomic mass is 16.6. The predicted octanol–water partition coefficient (Wildman–Crippen LogP) is 2.64. The first-order valence-electron chi connectivity index (χ1n) is 6.61. The van der Waals surface area contributed by atoms with E-state index in [1.807, 2.05) is 42.5 Å². The maximum atomic E-state index is 11.7. The molecule has 1 fully saturated rings. The third kappa shape index (κ3) is 2.38. The summed E-state index contributed by atoms with van der Waals surface area (Å²) in [7, 11) is 0. The summed E-state index contributed by atoms with van der Waals surface area (Å²) in [5.74, 6) is 0. The maximum absolute atomic E-state index is 11.7. The van der Waals surface area contributed by atoms with E-state index in [0.717, 1.165) is 16.8 Å². The fraction of sp³-hybridized carbons (Fsp3) is 0.188. The molecule has 2 aromatic carbocycles. The first-order chi connectivity index (χ1) is 9.78. The number of ether oxygens (including phenoxy) is 1. The van der Waals surface area contributed by atoms with E-state index in [0.29, 0.717) is 13.1 Å². The molecule has 1 aliphatic heterocycles. The van der Waals surface area contributed by atoms with Gasteiger partial charge in [-0.2, -0.15) is 0 Å². The normalized spacial score (nSPS) is 18.1. The zero-order chi connectivity index (χ0) is 13.9. The number of amides is 1. The number of hydrogen-bond acceptors (Lipinski definition) is 3. The van der Waals surface area contributed by atoms with Crippen molar-refractivity contribution in [1.29, 1.82) is 0 Å². The second kappa shape index (κ2) is 5.35. The minimum Gasteiger partial charge on any atom is -0.443 e. The highest BCUT2D eigenvalue weighted by Gasteiger charge is 2.31. The standard InChI is InChI=1S/C16H16N2O2/c17-10-15-11-18(16(19)20-15)14-8-6-13(7-9-14)12-4-2-1-3-5-12/h1-9,15H,10-11,17H2. The van der Waals surface area contributed by atoms with Crippen LogP contribution in [0.4, 0.5) is 10.5 Å². The van der Waals surface area contributed by atoms with Crippen LogP contribution in [0.3, 0.4) is 0 Å². The van der Waals surface area contributed by atoms with E-state index >= 15 is 0 Å². The van der Waals surface area contributed by atoms with Crippen molar-refractivity contribution in [1.82, 2.24) is 0 Å². The van der Waals surface area contributed by atoms with Gasteiger partial charge in [0.05, 0.1) is 6.54 Å². The average molecular weight is 268 g/mol. The number of carbonyl (C=O) groups is 1. The number of cyclic esters (lactones) is 1. The lowest BCUT2D eigenvalue weighted by Crippen LogP contribution is -2.27. The number of benzene rings is 2. The maximum Gasteiger partial charge on any atom is 0.414 e. The molecule has 1 aliphatic rings. The van der Waals surface area contributed by atoms with Crippen molar-refractivity contribution in [3.63, 3.8) is 0 Å². The van der Waals surface area contributed by atoms with Gasteiger partial charge in [0, 0.05) is 12.2 Å². The number of nitrogens with zero attached hydrogens (tertiary/aromatic N) is 1. The largest absolute Gasteiger partial charge is 0.443 e. The van der Waals surface area contributed by atoms with Gasteiger partial charge in [0.15, 0.2) is 0 Å². The van der Waals surface area contributed by atoms with Gasteiger partial charge in [0.25, 0.3) is 0 Å². The number of carbonyl (C=O) groups excluding carboxylic acids is 1. The zero-order valence-corrected chi connectivity index (χ0v) is 11.0. The average Bonchev–Trinajstić information content (AvgIpc) is 2.89. The molecule has 4 heteroatoms. The first-order valence-corrected chi connectivity index (χ1v) is 6.61. The van der Waals surface area contributed by atoms with Crippen LogP contribution < -0.4 is 10.6 Å². The lowest BCUT2D eigenvalue weighted by atomic mass is 10.1. The molecule has 2 N–H and O–H groups in total. The molecule has 2 aromatic rings. The summed E-state index contributed by atoms with van der Waals surface area (Å²) in [6.45, 7) is 0.865. The molecule has 102 valence electrons. The molecular weight excluding hydrogens is 252 g/mol. The summed E-state index contributed by atoms with van der Waals surface area (Å²) in [6.07, 6.45) is -0.538. The van der Waals surface area contributed by atoms with Gasteiger partial charge >= 0.3 is 6.09 Å². The Labute approximate surface area is 117 Å². The van der Waals surface area contributed by atoms with Crippen LogP contribution in [0.25, 0.3) is 11.1 Å². The quantitative estimate of drug-likeness (QED) is 0.931. The van der Waals surface area contributed by atoms with E-state index in [-0.39, 0.29) is 12.2 Å². The summed E-state index contributed by atoms with van der Waals surface area (Å²) in [4.78, 5) is 13.4. The number of hydrogen-bond donors (Lipinski definition) is 1. The molecule has 0 bridgehead atoms. The third-order valence-electron chi connectivity index (χ3n) is 3.42. The fourth-order valence-corrected chi connectivity index (χ4v) is 2.32. The van der Waals surface area contributed by atoms with Crippen LogP contribution in [0.15, 0.2) is 54.6 Å². The fourth-order valence-electron chi connectivity index (χ4n) is 2.32. The summed E-state index contributed by atoms with van der Waals surface area (Å²) in [6, 6.07) is 18.0. The molecule has 0 spiro atoms. The molecular formula is C16H16N2O2. The number of rotatable bonds is 3. The van der Waals surface area contributed by atoms with Crippen molar-refractivity contribution in [2.45, 2.75) is 6.10 Å².